The Morgan fingerprint density at radius 3 is 2.95 bits per heavy atom. The lowest BCUT2D eigenvalue weighted by Crippen LogP contribution is -2.40. The number of nitro benzene ring substituents is 1. The van der Waals surface area contributed by atoms with Crippen LogP contribution >= 0.6 is 0 Å². The monoisotopic (exact) mass is 294 g/mol. The van der Waals surface area contributed by atoms with Gasteiger partial charge in [0.15, 0.2) is 5.75 Å². The Hall–Kier alpha value is -1.99. The lowest BCUT2D eigenvalue weighted by molar-refractivity contribution is -0.385. The van der Waals surface area contributed by atoms with Crippen LogP contribution < -0.4 is 4.74 Å². The number of ketones is 1. The van der Waals surface area contributed by atoms with Crippen molar-refractivity contribution < 1.29 is 19.2 Å². The predicted molar refractivity (Wildman–Crippen MR) is 75.5 cm³/mol. The fourth-order valence-electron chi connectivity index (χ4n) is 2.41. The van der Waals surface area contributed by atoms with Gasteiger partial charge in [0.25, 0.3) is 0 Å². The molecule has 1 aromatic rings. The number of carbonyl (C=O) groups is 1. The van der Waals surface area contributed by atoms with Crippen molar-refractivity contribution in [2.45, 2.75) is 13.0 Å². The maximum absolute atomic E-state index is 11.2. The largest absolute Gasteiger partial charge is 0.490 e. The molecule has 0 radical (unpaired) electrons. The van der Waals surface area contributed by atoms with Crippen LogP contribution in [-0.2, 0) is 9.53 Å². The van der Waals surface area contributed by atoms with Gasteiger partial charge in [-0.05, 0) is 24.6 Å². The molecule has 7 heteroatoms. The smallest absolute Gasteiger partial charge is 0.310 e. The first kappa shape index (κ1) is 15.4. The number of rotatable bonds is 5. The second-order valence-electron chi connectivity index (χ2n) is 4.98. The van der Waals surface area contributed by atoms with Crippen molar-refractivity contribution in [3.8, 4) is 5.75 Å². The molecule has 0 spiro atoms. The van der Waals surface area contributed by atoms with Gasteiger partial charge in [0.1, 0.15) is 5.78 Å². The number of ether oxygens (including phenoxy) is 2. The molecular weight excluding hydrogens is 276 g/mol. The summed E-state index contributed by atoms with van der Waals surface area (Å²) < 4.78 is 10.8. The second kappa shape index (κ2) is 6.64. The van der Waals surface area contributed by atoms with Crippen LogP contribution in [0.5, 0.6) is 5.75 Å². The molecule has 0 saturated carbocycles. The quantitative estimate of drug-likeness (QED) is 0.605. The van der Waals surface area contributed by atoms with Crippen LogP contribution in [0.25, 0.3) is 0 Å². The van der Waals surface area contributed by atoms with Crippen molar-refractivity contribution >= 4 is 11.5 Å². The van der Waals surface area contributed by atoms with Gasteiger partial charge >= 0.3 is 5.69 Å². The number of morpholine rings is 1. The summed E-state index contributed by atoms with van der Waals surface area (Å²) in [6, 6.07) is 4.71. The predicted octanol–water partition coefficient (Wildman–Crippen LogP) is 1.57. The fraction of sp³-hybridized carbons (Fsp3) is 0.500. The highest BCUT2D eigenvalue weighted by molar-refractivity contribution is 5.77. The molecule has 1 unspecified atom stereocenters. The van der Waals surface area contributed by atoms with Gasteiger partial charge in [0.2, 0.25) is 0 Å². The summed E-state index contributed by atoms with van der Waals surface area (Å²) in [6.45, 7) is 3.77. The Bertz CT molecular complexity index is 546. The molecule has 1 aromatic carbocycles. The highest BCUT2D eigenvalue weighted by Crippen LogP contribution is 2.32. The van der Waals surface area contributed by atoms with E-state index in [0.717, 1.165) is 5.56 Å². The molecule has 1 aliphatic rings. The average molecular weight is 294 g/mol. The molecule has 1 heterocycles. The number of methoxy groups -OCH3 is 1. The van der Waals surface area contributed by atoms with Crippen LogP contribution in [0.1, 0.15) is 18.6 Å². The second-order valence-corrected chi connectivity index (χ2v) is 4.98. The number of benzene rings is 1. The van der Waals surface area contributed by atoms with E-state index >= 15 is 0 Å². The van der Waals surface area contributed by atoms with Gasteiger partial charge in [-0.1, -0.05) is 0 Å². The first-order valence-electron chi connectivity index (χ1n) is 6.67. The summed E-state index contributed by atoms with van der Waals surface area (Å²) in [5.74, 6) is 0.321. The molecule has 0 aliphatic carbocycles. The molecule has 1 atom stereocenters. The number of hydrogen-bond donors (Lipinski definition) is 0. The van der Waals surface area contributed by atoms with E-state index in [2.05, 4.69) is 0 Å². The van der Waals surface area contributed by atoms with Gasteiger partial charge in [0.05, 0.1) is 31.3 Å². The Balaban J connectivity index is 2.17. The molecule has 1 saturated heterocycles. The van der Waals surface area contributed by atoms with Crippen LogP contribution in [0.4, 0.5) is 5.69 Å². The van der Waals surface area contributed by atoms with Crippen LogP contribution in [0, 0.1) is 10.1 Å². The third kappa shape index (κ3) is 3.77. The standard InChI is InChI=1S/C14H18N2O5/c1-10(17)8-15-5-6-21-14(9-15)11-3-4-12(16(18)19)13(7-11)20-2/h3-4,7,14H,5-6,8-9H2,1-2H3. The Labute approximate surface area is 122 Å². The topological polar surface area (TPSA) is 81.9 Å². The van der Waals surface area contributed by atoms with Gasteiger partial charge in [-0.3, -0.25) is 19.8 Å². The van der Waals surface area contributed by atoms with Crippen LogP contribution in [0.3, 0.4) is 0 Å². The average Bonchev–Trinajstić information content (AvgIpc) is 2.46. The number of Topliss-reactive ketones (excluding diaryl/α,β-unsaturated/α-hetero) is 1. The van der Waals surface area contributed by atoms with E-state index in [0.29, 0.717) is 26.2 Å². The van der Waals surface area contributed by atoms with Crippen molar-refractivity contribution in [3.05, 3.63) is 33.9 Å². The SMILES string of the molecule is COc1cc(C2CN(CC(C)=O)CCO2)ccc1[N+](=O)[O-]. The van der Waals surface area contributed by atoms with E-state index in [1.54, 1.807) is 19.1 Å². The molecule has 0 aromatic heterocycles. The molecule has 1 fully saturated rings. The molecule has 114 valence electrons. The van der Waals surface area contributed by atoms with Crippen LogP contribution in [-0.4, -0.2) is 49.0 Å². The maximum Gasteiger partial charge on any atom is 0.310 e. The number of nitrogens with zero attached hydrogens (tertiary/aromatic N) is 2. The van der Waals surface area contributed by atoms with Gasteiger partial charge in [0, 0.05) is 19.2 Å². The van der Waals surface area contributed by atoms with Crippen molar-refractivity contribution in [1.82, 2.24) is 4.90 Å². The van der Waals surface area contributed by atoms with Gasteiger partial charge in [-0.2, -0.15) is 0 Å². The van der Waals surface area contributed by atoms with Gasteiger partial charge < -0.3 is 9.47 Å². The first-order valence-corrected chi connectivity index (χ1v) is 6.67. The van der Waals surface area contributed by atoms with Crippen molar-refractivity contribution in [1.29, 1.82) is 0 Å². The Morgan fingerprint density at radius 1 is 1.57 bits per heavy atom. The van der Waals surface area contributed by atoms with E-state index in [9.17, 15) is 14.9 Å². The summed E-state index contributed by atoms with van der Waals surface area (Å²) in [4.78, 5) is 23.6. The van der Waals surface area contributed by atoms with E-state index in [4.69, 9.17) is 9.47 Å². The third-order valence-electron chi connectivity index (χ3n) is 3.37. The van der Waals surface area contributed by atoms with Crippen molar-refractivity contribution in [2.24, 2.45) is 0 Å². The van der Waals surface area contributed by atoms with Crippen molar-refractivity contribution in [2.75, 3.05) is 33.4 Å². The molecule has 0 N–H and O–H groups in total. The molecule has 21 heavy (non-hydrogen) atoms. The van der Waals surface area contributed by atoms with Crippen LogP contribution in [0.15, 0.2) is 18.2 Å². The molecule has 0 amide bonds. The zero-order valence-corrected chi connectivity index (χ0v) is 12.1. The van der Waals surface area contributed by atoms with E-state index < -0.39 is 4.92 Å². The molecule has 7 nitrogen and oxygen atoms in total. The van der Waals surface area contributed by atoms with Gasteiger partial charge in [-0.25, -0.2) is 0 Å². The molecule has 1 aliphatic heterocycles. The zero-order chi connectivity index (χ0) is 15.4. The minimum atomic E-state index is -0.480. The van der Waals surface area contributed by atoms with E-state index in [-0.39, 0.29) is 23.3 Å². The third-order valence-corrected chi connectivity index (χ3v) is 3.37. The van der Waals surface area contributed by atoms with E-state index in [1.807, 2.05) is 4.90 Å². The highest BCUT2D eigenvalue weighted by atomic mass is 16.6. The fourth-order valence-corrected chi connectivity index (χ4v) is 2.41. The highest BCUT2D eigenvalue weighted by Gasteiger charge is 2.25. The summed E-state index contributed by atoms with van der Waals surface area (Å²) in [5.41, 5.74) is 0.739. The minimum Gasteiger partial charge on any atom is -0.490 e. The summed E-state index contributed by atoms with van der Waals surface area (Å²) >= 11 is 0. The summed E-state index contributed by atoms with van der Waals surface area (Å²) in [5, 5.41) is 10.9. The summed E-state index contributed by atoms with van der Waals surface area (Å²) in [7, 11) is 1.40. The van der Waals surface area contributed by atoms with Gasteiger partial charge in [-0.15, -0.1) is 0 Å². The molecule has 2 rings (SSSR count). The van der Waals surface area contributed by atoms with Crippen LogP contribution in [0.2, 0.25) is 0 Å². The Kier molecular flexibility index (Phi) is 4.87. The lowest BCUT2D eigenvalue weighted by atomic mass is 10.1. The number of carbonyl (C=O) groups excluding carboxylic acids is 1. The number of hydrogen-bond acceptors (Lipinski definition) is 6. The normalized spacial score (nSPS) is 19.2. The minimum absolute atomic E-state index is 0.0716. The number of nitro groups is 1. The van der Waals surface area contributed by atoms with Crippen molar-refractivity contribution in [3.63, 3.8) is 0 Å². The summed E-state index contributed by atoms with van der Waals surface area (Å²) in [6.07, 6.45) is -0.215. The lowest BCUT2D eigenvalue weighted by Gasteiger charge is -2.32. The molecular formula is C14H18N2O5. The van der Waals surface area contributed by atoms with E-state index in [1.165, 1.54) is 13.2 Å². The molecule has 0 bridgehead atoms. The first-order chi connectivity index (χ1) is 10.0. The zero-order valence-electron chi connectivity index (χ0n) is 12.1. The Morgan fingerprint density at radius 2 is 2.33 bits per heavy atom. The maximum atomic E-state index is 11.2.